The van der Waals surface area contributed by atoms with E-state index in [1.54, 1.807) is 21.1 Å². The van der Waals surface area contributed by atoms with E-state index in [1.165, 1.54) is 57.8 Å². The number of aliphatic carboxylic acids is 1. The van der Waals surface area contributed by atoms with Crippen LogP contribution in [0.1, 0.15) is 174 Å². The van der Waals surface area contributed by atoms with Crippen LogP contribution in [0.25, 0.3) is 0 Å². The van der Waals surface area contributed by atoms with Crippen LogP contribution in [-0.4, -0.2) is 75.5 Å². The van der Waals surface area contributed by atoms with Crippen molar-refractivity contribution in [3.8, 4) is 0 Å². The molecule has 0 radical (unpaired) electrons. The van der Waals surface area contributed by atoms with Crippen molar-refractivity contribution in [2.24, 2.45) is 0 Å². The predicted octanol–water partition coefficient (Wildman–Crippen LogP) is 12.5. The van der Waals surface area contributed by atoms with E-state index in [1.807, 2.05) is 36.5 Å². The summed E-state index contributed by atoms with van der Waals surface area (Å²) >= 11 is 0. The van der Waals surface area contributed by atoms with Crippen LogP contribution < -0.4 is 5.11 Å². The molecule has 0 spiro atoms. The molecule has 2 unspecified atom stereocenters. The summed E-state index contributed by atoms with van der Waals surface area (Å²) in [6.07, 6.45) is 58.5. The Labute approximate surface area is 379 Å². The van der Waals surface area contributed by atoms with Crippen LogP contribution in [0.15, 0.2) is 97.2 Å². The van der Waals surface area contributed by atoms with Gasteiger partial charge in [0, 0.05) is 19.3 Å². The molecule has 2 atom stereocenters. The van der Waals surface area contributed by atoms with Gasteiger partial charge >= 0.3 is 11.9 Å². The molecule has 352 valence electrons. The molecule has 0 amide bonds. The predicted molar refractivity (Wildman–Crippen MR) is 258 cm³/mol. The first kappa shape index (κ1) is 58.2. The molecule has 0 aliphatic heterocycles. The number of esters is 2. The first-order chi connectivity index (χ1) is 30.1. The maximum atomic E-state index is 12.8. The van der Waals surface area contributed by atoms with Gasteiger partial charge in [-0.3, -0.25) is 9.59 Å². The molecule has 0 aromatic carbocycles. The Morgan fingerprint density at radius 3 is 1.48 bits per heavy atom. The third kappa shape index (κ3) is 41.6. The molecule has 0 rings (SSSR count). The van der Waals surface area contributed by atoms with Gasteiger partial charge in [0.05, 0.1) is 40.3 Å². The summed E-state index contributed by atoms with van der Waals surface area (Å²) in [5.74, 6) is -1.78. The topological polar surface area (TPSA) is 102 Å². The molecular formula is C54H89NO7. The van der Waals surface area contributed by atoms with Crippen molar-refractivity contribution in [1.82, 2.24) is 0 Å². The standard InChI is InChI=1S/C54H89NO7/c1-6-8-10-12-14-16-18-20-22-24-26-27-29-31-33-35-37-39-41-43-45-53(57)62-50(48-60-47-46-51(54(58)59)55(3,4)5)49-61-52(56)44-42-40-38-36-34-32-30-28-25-23-21-19-17-15-13-11-9-7-2/h8,10-11,13-17,19-23,25,28,30,50-51H,6-7,9,12,18,24,26-27,29,31-49H2,1-5H3/b10-8+,13-11+,16-14+,17-15+,21-19+,22-20+,25-23+,30-28+. The molecule has 0 heterocycles. The third-order valence-electron chi connectivity index (χ3n) is 10.3. The summed E-state index contributed by atoms with van der Waals surface area (Å²) < 4.78 is 17.2. The molecule has 0 aliphatic carbocycles. The van der Waals surface area contributed by atoms with E-state index in [0.717, 1.165) is 83.5 Å². The normalized spacial score (nSPS) is 13.8. The van der Waals surface area contributed by atoms with Crippen LogP contribution in [0.4, 0.5) is 0 Å². The highest BCUT2D eigenvalue weighted by Gasteiger charge is 2.25. The fourth-order valence-electron chi connectivity index (χ4n) is 6.59. The van der Waals surface area contributed by atoms with Crippen LogP contribution in [0.3, 0.4) is 0 Å². The monoisotopic (exact) mass is 864 g/mol. The molecule has 0 N–H and O–H groups in total. The lowest BCUT2D eigenvalue weighted by Crippen LogP contribution is -2.55. The third-order valence-corrected chi connectivity index (χ3v) is 10.3. The van der Waals surface area contributed by atoms with Gasteiger partial charge in [0.15, 0.2) is 6.10 Å². The minimum atomic E-state index is -1.13. The molecule has 0 aliphatic rings. The Hall–Kier alpha value is -3.75. The number of likely N-dealkylation sites (N-methyl/N-ethyl adjacent to an activating group) is 1. The van der Waals surface area contributed by atoms with Crippen LogP contribution in [0.2, 0.25) is 0 Å². The second kappa shape index (κ2) is 43.9. The molecule has 0 fully saturated rings. The van der Waals surface area contributed by atoms with E-state index in [0.29, 0.717) is 12.8 Å². The minimum absolute atomic E-state index is 0.0247. The molecule has 8 nitrogen and oxygen atoms in total. The van der Waals surface area contributed by atoms with E-state index in [4.69, 9.17) is 14.2 Å². The average molecular weight is 864 g/mol. The quantitative estimate of drug-likeness (QED) is 0.0198. The lowest BCUT2D eigenvalue weighted by Gasteiger charge is -2.34. The van der Waals surface area contributed by atoms with Crippen molar-refractivity contribution in [3.05, 3.63) is 97.2 Å². The Morgan fingerprint density at radius 2 is 0.968 bits per heavy atom. The average Bonchev–Trinajstić information content (AvgIpc) is 3.23. The van der Waals surface area contributed by atoms with E-state index in [9.17, 15) is 19.5 Å². The zero-order valence-electron chi connectivity index (χ0n) is 40.0. The second-order valence-corrected chi connectivity index (χ2v) is 17.1. The Morgan fingerprint density at radius 1 is 0.516 bits per heavy atom. The number of carbonyl (C=O) groups excluding carboxylic acids is 3. The fourth-order valence-corrected chi connectivity index (χ4v) is 6.59. The van der Waals surface area contributed by atoms with Gasteiger partial charge < -0.3 is 28.6 Å². The summed E-state index contributed by atoms with van der Waals surface area (Å²) in [6, 6.07) is -0.737. The van der Waals surface area contributed by atoms with Gasteiger partial charge in [-0.1, -0.05) is 188 Å². The number of unbranched alkanes of at least 4 members (excludes halogenated alkanes) is 16. The maximum Gasteiger partial charge on any atom is 0.306 e. The largest absolute Gasteiger partial charge is 0.544 e. The summed E-state index contributed by atoms with van der Waals surface area (Å²) in [7, 11) is 5.39. The van der Waals surface area contributed by atoms with Gasteiger partial charge in [-0.05, 0) is 64.2 Å². The molecule has 62 heavy (non-hydrogen) atoms. The van der Waals surface area contributed by atoms with Crippen molar-refractivity contribution >= 4 is 17.9 Å². The van der Waals surface area contributed by atoms with Gasteiger partial charge in [0.25, 0.3) is 0 Å². The number of nitrogens with zero attached hydrogens (tertiary/aromatic N) is 1. The zero-order valence-corrected chi connectivity index (χ0v) is 40.0. The van der Waals surface area contributed by atoms with Crippen LogP contribution in [0.5, 0.6) is 0 Å². The van der Waals surface area contributed by atoms with Crippen LogP contribution in [0, 0.1) is 0 Å². The zero-order chi connectivity index (χ0) is 45.6. The van der Waals surface area contributed by atoms with Gasteiger partial charge in [0.2, 0.25) is 0 Å². The van der Waals surface area contributed by atoms with Crippen molar-refractivity contribution in [1.29, 1.82) is 0 Å². The van der Waals surface area contributed by atoms with E-state index in [-0.39, 0.29) is 42.7 Å². The van der Waals surface area contributed by atoms with Gasteiger partial charge in [0.1, 0.15) is 12.6 Å². The maximum absolute atomic E-state index is 12.8. The van der Waals surface area contributed by atoms with Crippen molar-refractivity contribution in [3.63, 3.8) is 0 Å². The number of allylic oxidation sites excluding steroid dienone is 16. The fraction of sp³-hybridized carbons (Fsp3) is 0.648. The lowest BCUT2D eigenvalue weighted by atomic mass is 10.0. The van der Waals surface area contributed by atoms with E-state index >= 15 is 0 Å². The molecular weight excluding hydrogens is 775 g/mol. The first-order valence-electron chi connectivity index (χ1n) is 24.3. The SMILES string of the molecule is CC/C=C/C/C=C/C/C=C/CCCCCCCCCCCCC(=O)OC(COCCC(C(=O)[O-])[N+](C)(C)C)COC(=O)CCCCCCC/C=C/C=C/C=C/C=C/C=C/CCC. The number of hydrogen-bond donors (Lipinski definition) is 0. The molecule has 0 saturated carbocycles. The first-order valence-corrected chi connectivity index (χ1v) is 24.3. The van der Waals surface area contributed by atoms with Crippen LogP contribution >= 0.6 is 0 Å². The molecule has 0 saturated heterocycles. The highest BCUT2D eigenvalue weighted by Crippen LogP contribution is 2.14. The molecule has 0 aromatic rings. The van der Waals surface area contributed by atoms with Crippen molar-refractivity contribution in [2.75, 3.05) is 41.0 Å². The summed E-state index contributed by atoms with van der Waals surface area (Å²) in [5.41, 5.74) is 0. The van der Waals surface area contributed by atoms with E-state index < -0.39 is 18.1 Å². The minimum Gasteiger partial charge on any atom is -0.544 e. The number of ether oxygens (including phenoxy) is 3. The Balaban J connectivity index is 4.35. The molecule has 8 heteroatoms. The molecule has 0 bridgehead atoms. The van der Waals surface area contributed by atoms with Gasteiger partial charge in [-0.2, -0.15) is 0 Å². The number of carboxylic acids is 1. The number of carbonyl (C=O) groups is 3. The number of quaternary nitrogens is 1. The van der Waals surface area contributed by atoms with Crippen molar-refractivity contribution < 1.29 is 38.2 Å². The van der Waals surface area contributed by atoms with Gasteiger partial charge in [-0.25, -0.2) is 0 Å². The smallest absolute Gasteiger partial charge is 0.306 e. The van der Waals surface area contributed by atoms with Gasteiger partial charge in [-0.15, -0.1) is 0 Å². The number of hydrogen-bond acceptors (Lipinski definition) is 7. The summed E-state index contributed by atoms with van der Waals surface area (Å²) in [5, 5.41) is 11.7. The molecule has 0 aromatic heterocycles. The number of rotatable bonds is 42. The summed E-state index contributed by atoms with van der Waals surface area (Å²) in [6.45, 7) is 4.43. The van der Waals surface area contributed by atoms with Crippen molar-refractivity contribution in [2.45, 2.75) is 187 Å². The highest BCUT2D eigenvalue weighted by atomic mass is 16.6. The Kier molecular flexibility index (Phi) is 41.2. The van der Waals surface area contributed by atoms with Crippen LogP contribution in [-0.2, 0) is 28.6 Å². The highest BCUT2D eigenvalue weighted by molar-refractivity contribution is 5.70. The second-order valence-electron chi connectivity index (χ2n) is 17.1. The number of carboxylic acid groups (broad SMARTS) is 1. The summed E-state index contributed by atoms with van der Waals surface area (Å²) in [4.78, 5) is 37.0. The van der Waals surface area contributed by atoms with E-state index in [2.05, 4.69) is 74.6 Å². The Bertz CT molecular complexity index is 1330. The lowest BCUT2D eigenvalue weighted by molar-refractivity contribution is -0.889.